The summed E-state index contributed by atoms with van der Waals surface area (Å²) in [5.74, 6) is -0.901. The van der Waals surface area contributed by atoms with Gasteiger partial charge >= 0.3 is 5.97 Å². The smallest absolute Gasteiger partial charge is 0.333 e. The molecule has 0 fully saturated rings. The van der Waals surface area contributed by atoms with Crippen LogP contribution < -0.4 is 5.48 Å². The van der Waals surface area contributed by atoms with Crippen molar-refractivity contribution < 1.29 is 14.7 Å². The van der Waals surface area contributed by atoms with Crippen LogP contribution in [0.4, 0.5) is 0 Å². The van der Waals surface area contributed by atoms with Gasteiger partial charge in [0.1, 0.15) is 0 Å². The van der Waals surface area contributed by atoms with Crippen LogP contribution in [0.25, 0.3) is 0 Å². The summed E-state index contributed by atoms with van der Waals surface area (Å²) in [7, 11) is 0. The van der Waals surface area contributed by atoms with E-state index in [4.69, 9.17) is 9.94 Å². The second-order valence-corrected chi connectivity index (χ2v) is 2.30. The van der Waals surface area contributed by atoms with Crippen molar-refractivity contribution in [1.29, 1.82) is 0 Å². The number of hydrogen-bond donors (Lipinski definition) is 2. The first kappa shape index (κ1) is 11.0. The zero-order chi connectivity index (χ0) is 9.56. The van der Waals surface area contributed by atoms with E-state index in [0.29, 0.717) is 24.3 Å². The summed E-state index contributed by atoms with van der Waals surface area (Å²) in [5, 5.41) is 8.69. The number of carboxylic acid groups (broad SMARTS) is 1. The number of carboxylic acids is 1. The van der Waals surface area contributed by atoms with E-state index in [-0.39, 0.29) is 0 Å². The lowest BCUT2D eigenvalue weighted by atomic mass is 10.2. The zero-order valence-corrected chi connectivity index (χ0v) is 7.68. The molecular formula is C8H15NO3. The molecule has 0 aromatic carbocycles. The van der Waals surface area contributed by atoms with Gasteiger partial charge in [-0.25, -0.2) is 4.79 Å². The summed E-state index contributed by atoms with van der Waals surface area (Å²) in [4.78, 5) is 15.4. The standard InChI is InChI=1S/C8H15NO3/c1-4-7(8(10)11)6(3)9-12-5-2/h9H,4-5H2,1-3H3,(H,10,11). The van der Waals surface area contributed by atoms with Crippen molar-refractivity contribution in [3.63, 3.8) is 0 Å². The molecule has 12 heavy (non-hydrogen) atoms. The summed E-state index contributed by atoms with van der Waals surface area (Å²) in [6.07, 6.45) is 0.487. The molecule has 0 rings (SSSR count). The number of hydroxylamine groups is 1. The molecular weight excluding hydrogens is 158 g/mol. The molecule has 0 unspecified atom stereocenters. The van der Waals surface area contributed by atoms with Crippen LogP contribution in [0.3, 0.4) is 0 Å². The molecule has 0 aliphatic heterocycles. The van der Waals surface area contributed by atoms with Crippen molar-refractivity contribution in [2.24, 2.45) is 0 Å². The van der Waals surface area contributed by atoms with E-state index < -0.39 is 5.97 Å². The van der Waals surface area contributed by atoms with E-state index in [9.17, 15) is 4.79 Å². The van der Waals surface area contributed by atoms with E-state index >= 15 is 0 Å². The number of allylic oxidation sites excluding steroid dienone is 1. The maximum Gasteiger partial charge on any atom is 0.333 e. The van der Waals surface area contributed by atoms with Crippen LogP contribution in [0, 0.1) is 0 Å². The normalized spacial score (nSPS) is 12.2. The van der Waals surface area contributed by atoms with E-state index in [0.717, 1.165) is 0 Å². The summed E-state index contributed by atoms with van der Waals surface area (Å²) in [6, 6.07) is 0. The highest BCUT2D eigenvalue weighted by Gasteiger charge is 2.08. The third-order valence-corrected chi connectivity index (χ3v) is 1.43. The fraction of sp³-hybridized carbons (Fsp3) is 0.625. The minimum Gasteiger partial charge on any atom is -0.478 e. The van der Waals surface area contributed by atoms with Gasteiger partial charge < -0.3 is 5.11 Å². The predicted octanol–water partition coefficient (Wildman–Crippen LogP) is 1.30. The highest BCUT2D eigenvalue weighted by atomic mass is 16.6. The van der Waals surface area contributed by atoms with Crippen molar-refractivity contribution >= 4 is 5.97 Å². The number of aliphatic carboxylic acids is 1. The molecule has 4 heteroatoms. The molecule has 4 nitrogen and oxygen atoms in total. The average molecular weight is 173 g/mol. The Morgan fingerprint density at radius 1 is 1.50 bits per heavy atom. The number of rotatable bonds is 5. The molecule has 0 aliphatic rings. The molecule has 0 radical (unpaired) electrons. The molecule has 0 atom stereocenters. The fourth-order valence-corrected chi connectivity index (χ4v) is 0.819. The van der Waals surface area contributed by atoms with Crippen molar-refractivity contribution in [3.8, 4) is 0 Å². The Morgan fingerprint density at radius 2 is 2.08 bits per heavy atom. The maximum atomic E-state index is 10.6. The highest BCUT2D eigenvalue weighted by molar-refractivity contribution is 5.87. The van der Waals surface area contributed by atoms with Gasteiger partial charge in [-0.3, -0.25) is 10.3 Å². The number of carbonyl (C=O) groups is 1. The predicted molar refractivity (Wildman–Crippen MR) is 45.4 cm³/mol. The largest absolute Gasteiger partial charge is 0.478 e. The number of hydrogen-bond acceptors (Lipinski definition) is 3. The Labute approximate surface area is 72.2 Å². The van der Waals surface area contributed by atoms with Crippen LogP contribution in [-0.4, -0.2) is 17.7 Å². The summed E-state index contributed by atoms with van der Waals surface area (Å²) in [6.45, 7) is 5.81. The molecule has 0 saturated carbocycles. The SMILES string of the molecule is CCONC(C)=C(CC)C(=O)O. The lowest BCUT2D eigenvalue weighted by Crippen LogP contribution is -2.16. The van der Waals surface area contributed by atoms with E-state index in [2.05, 4.69) is 5.48 Å². The minimum atomic E-state index is -0.901. The Hall–Kier alpha value is -1.03. The monoisotopic (exact) mass is 173 g/mol. The highest BCUT2D eigenvalue weighted by Crippen LogP contribution is 2.05. The van der Waals surface area contributed by atoms with Gasteiger partial charge in [-0.15, -0.1) is 0 Å². The van der Waals surface area contributed by atoms with Crippen molar-refractivity contribution in [2.45, 2.75) is 27.2 Å². The average Bonchev–Trinajstić information content (AvgIpc) is 2.01. The van der Waals surface area contributed by atoms with Crippen LogP contribution in [-0.2, 0) is 9.63 Å². The quantitative estimate of drug-likeness (QED) is 0.486. The van der Waals surface area contributed by atoms with Gasteiger partial charge in [0.05, 0.1) is 12.2 Å². The molecule has 2 N–H and O–H groups in total. The lowest BCUT2D eigenvalue weighted by Gasteiger charge is -2.07. The van der Waals surface area contributed by atoms with Gasteiger partial charge in [0.15, 0.2) is 0 Å². The third-order valence-electron chi connectivity index (χ3n) is 1.43. The molecule has 0 aromatic rings. The van der Waals surface area contributed by atoms with Crippen LogP contribution in [0.5, 0.6) is 0 Å². The van der Waals surface area contributed by atoms with Gasteiger partial charge in [-0.05, 0) is 20.3 Å². The van der Waals surface area contributed by atoms with Gasteiger partial charge in [0, 0.05) is 5.70 Å². The van der Waals surface area contributed by atoms with Gasteiger partial charge in [-0.1, -0.05) is 6.92 Å². The fourth-order valence-electron chi connectivity index (χ4n) is 0.819. The van der Waals surface area contributed by atoms with Crippen LogP contribution >= 0.6 is 0 Å². The molecule has 0 saturated heterocycles. The summed E-state index contributed by atoms with van der Waals surface area (Å²) in [5.41, 5.74) is 3.48. The van der Waals surface area contributed by atoms with Crippen molar-refractivity contribution in [3.05, 3.63) is 11.3 Å². The first-order chi connectivity index (χ1) is 5.63. The summed E-state index contributed by atoms with van der Waals surface area (Å²) < 4.78 is 0. The molecule has 70 valence electrons. The third kappa shape index (κ3) is 3.39. The van der Waals surface area contributed by atoms with Crippen LogP contribution in [0.2, 0.25) is 0 Å². The van der Waals surface area contributed by atoms with Gasteiger partial charge in [0.25, 0.3) is 0 Å². The topological polar surface area (TPSA) is 58.6 Å². The second kappa shape index (κ2) is 5.60. The Bertz CT molecular complexity index is 187. The van der Waals surface area contributed by atoms with Crippen LogP contribution in [0.1, 0.15) is 27.2 Å². The van der Waals surface area contributed by atoms with Crippen molar-refractivity contribution in [1.82, 2.24) is 5.48 Å². The Morgan fingerprint density at radius 3 is 2.42 bits per heavy atom. The van der Waals surface area contributed by atoms with Crippen LogP contribution in [0.15, 0.2) is 11.3 Å². The molecule has 0 heterocycles. The van der Waals surface area contributed by atoms with Gasteiger partial charge in [0.2, 0.25) is 0 Å². The molecule has 0 spiro atoms. The molecule has 0 aliphatic carbocycles. The molecule has 0 aromatic heterocycles. The number of nitrogens with one attached hydrogen (secondary N) is 1. The Kier molecular flexibility index (Phi) is 5.12. The lowest BCUT2D eigenvalue weighted by molar-refractivity contribution is -0.133. The molecule has 0 bridgehead atoms. The van der Waals surface area contributed by atoms with Gasteiger partial charge in [-0.2, -0.15) is 0 Å². The van der Waals surface area contributed by atoms with Crippen molar-refractivity contribution in [2.75, 3.05) is 6.61 Å². The Balaban J connectivity index is 4.27. The van der Waals surface area contributed by atoms with E-state index in [1.807, 2.05) is 6.92 Å². The zero-order valence-electron chi connectivity index (χ0n) is 7.68. The molecule has 0 amide bonds. The van der Waals surface area contributed by atoms with E-state index in [1.165, 1.54) is 0 Å². The van der Waals surface area contributed by atoms with E-state index in [1.54, 1.807) is 13.8 Å². The summed E-state index contributed by atoms with van der Waals surface area (Å²) >= 11 is 0. The first-order valence-electron chi connectivity index (χ1n) is 3.94. The second-order valence-electron chi connectivity index (χ2n) is 2.30. The minimum absolute atomic E-state index is 0.350. The first-order valence-corrected chi connectivity index (χ1v) is 3.94. The maximum absolute atomic E-state index is 10.6.